The number of nitrogens with one attached hydrogen (secondary N) is 1. The molecule has 2 nitrogen and oxygen atoms in total. The van der Waals surface area contributed by atoms with Crippen LogP contribution >= 0.6 is 0 Å². The highest BCUT2D eigenvalue weighted by Gasteiger charge is 2.31. The quantitative estimate of drug-likeness (QED) is 0.638. The van der Waals surface area contributed by atoms with Crippen LogP contribution < -0.4 is 29.0 Å². The normalized spacial score (nSPS) is 21.8. The van der Waals surface area contributed by atoms with E-state index in [1.54, 1.807) is 0 Å². The van der Waals surface area contributed by atoms with Crippen LogP contribution in [0.3, 0.4) is 0 Å². The van der Waals surface area contributed by atoms with Gasteiger partial charge in [-0.1, -0.05) is 13.8 Å². The van der Waals surface area contributed by atoms with Gasteiger partial charge in [0.05, 0.1) is 6.61 Å². The van der Waals surface area contributed by atoms with Gasteiger partial charge >= 0.3 is 0 Å². The molecule has 0 aliphatic heterocycles. The number of hydrogen-bond acceptors (Lipinski definition) is 1. The Bertz CT molecular complexity index is 311. The van der Waals surface area contributed by atoms with Crippen molar-refractivity contribution in [3.05, 3.63) is 11.8 Å². The minimum absolute atomic E-state index is 0. The zero-order chi connectivity index (χ0) is 12.4. The summed E-state index contributed by atoms with van der Waals surface area (Å²) in [4.78, 5) is 3.56. The fourth-order valence-corrected chi connectivity index (χ4v) is 2.19. The first-order valence-corrected chi connectivity index (χ1v) is 6.19. The highest BCUT2D eigenvalue weighted by atomic mass is 127. The van der Waals surface area contributed by atoms with Crippen molar-refractivity contribution < 1.29 is 33.7 Å². The molecular weight excluding hydrogens is 325 g/mol. The van der Waals surface area contributed by atoms with Gasteiger partial charge in [-0.15, -0.1) is 0 Å². The minimum Gasteiger partial charge on any atom is -1.00 e. The van der Waals surface area contributed by atoms with Crippen LogP contribution in [0, 0.1) is 5.41 Å². The summed E-state index contributed by atoms with van der Waals surface area (Å²) >= 11 is 0. The standard InChI is InChI=1S/C14H25NO.HI/c1-7-16-12-8-11(15-13(2,3)4)9-14(5,6)10-12;/h8H,7,9-10H2,1-6H3;1H. The molecule has 100 valence electrons. The van der Waals surface area contributed by atoms with Gasteiger partial charge in [0.15, 0.2) is 11.3 Å². The van der Waals surface area contributed by atoms with E-state index in [0.29, 0.717) is 5.41 Å². The van der Waals surface area contributed by atoms with Gasteiger partial charge in [0.2, 0.25) is 0 Å². The first kappa shape index (κ1) is 16.9. The Labute approximate surface area is 123 Å². The molecule has 0 radical (unpaired) electrons. The van der Waals surface area contributed by atoms with Crippen LogP contribution in [0.4, 0.5) is 0 Å². The molecule has 0 saturated carbocycles. The van der Waals surface area contributed by atoms with Crippen LogP contribution in [0.1, 0.15) is 54.4 Å². The molecule has 1 aliphatic carbocycles. The van der Waals surface area contributed by atoms with Crippen molar-refractivity contribution in [3.8, 4) is 0 Å². The summed E-state index contributed by atoms with van der Waals surface area (Å²) < 4.78 is 5.66. The first-order valence-electron chi connectivity index (χ1n) is 6.19. The molecule has 1 rings (SSSR count). The Hall–Kier alpha value is -0.0600. The number of rotatable bonds is 2. The smallest absolute Gasteiger partial charge is 0.178 e. The summed E-state index contributed by atoms with van der Waals surface area (Å²) in [6.07, 6.45) is 4.32. The Morgan fingerprint density at radius 1 is 1.29 bits per heavy atom. The molecule has 0 fully saturated rings. The molecule has 17 heavy (non-hydrogen) atoms. The molecule has 1 N–H and O–H groups in total. The van der Waals surface area contributed by atoms with Crippen LogP contribution in [0.2, 0.25) is 0 Å². The van der Waals surface area contributed by atoms with Crippen molar-refractivity contribution in [1.29, 1.82) is 0 Å². The Balaban J connectivity index is 0.00000256. The number of allylic oxidation sites excluding steroid dienone is 2. The average Bonchev–Trinajstić information content (AvgIpc) is 1.96. The molecule has 0 aromatic heterocycles. The van der Waals surface area contributed by atoms with Gasteiger partial charge < -0.3 is 28.7 Å². The highest BCUT2D eigenvalue weighted by Crippen LogP contribution is 2.33. The molecule has 0 saturated heterocycles. The van der Waals surface area contributed by atoms with Gasteiger partial charge in [-0.05, 0) is 33.1 Å². The van der Waals surface area contributed by atoms with Gasteiger partial charge in [0, 0.05) is 18.9 Å². The third kappa shape index (κ3) is 6.43. The van der Waals surface area contributed by atoms with Crippen molar-refractivity contribution in [2.45, 2.75) is 59.9 Å². The van der Waals surface area contributed by atoms with E-state index in [-0.39, 0.29) is 29.5 Å². The third-order valence-electron chi connectivity index (χ3n) is 2.52. The van der Waals surface area contributed by atoms with Crippen molar-refractivity contribution in [1.82, 2.24) is 0 Å². The fourth-order valence-electron chi connectivity index (χ4n) is 2.19. The molecule has 3 heteroatoms. The summed E-state index contributed by atoms with van der Waals surface area (Å²) in [5.41, 5.74) is 1.72. The predicted molar refractivity (Wildman–Crippen MR) is 68.4 cm³/mol. The molecule has 0 aromatic carbocycles. The largest absolute Gasteiger partial charge is 1.00 e. The second-order valence-electron chi connectivity index (χ2n) is 6.46. The Kier molecular flexibility index (Phi) is 6.19. The molecule has 0 bridgehead atoms. The van der Waals surface area contributed by atoms with Crippen molar-refractivity contribution in [2.75, 3.05) is 6.61 Å². The fraction of sp³-hybridized carbons (Fsp3) is 0.786. The average molecular weight is 351 g/mol. The topological polar surface area (TPSA) is 23.2 Å². The van der Waals surface area contributed by atoms with E-state index in [9.17, 15) is 0 Å². The number of ether oxygens (including phenoxy) is 1. The summed E-state index contributed by atoms with van der Waals surface area (Å²) in [5.74, 6) is 1.12. The lowest BCUT2D eigenvalue weighted by Gasteiger charge is -2.28. The Morgan fingerprint density at radius 3 is 2.35 bits per heavy atom. The SMILES string of the molecule is CCOC1=CC(=[NH+]C(C)(C)C)CC(C)(C)C1.[I-]. The van der Waals surface area contributed by atoms with Gasteiger partial charge in [0.25, 0.3) is 0 Å². The molecule has 0 spiro atoms. The summed E-state index contributed by atoms with van der Waals surface area (Å²) in [5, 5.41) is 0. The van der Waals surface area contributed by atoms with Crippen LogP contribution in [-0.4, -0.2) is 17.9 Å². The van der Waals surface area contributed by atoms with Crippen LogP contribution in [0.25, 0.3) is 0 Å². The van der Waals surface area contributed by atoms with Crippen LogP contribution in [0.5, 0.6) is 0 Å². The first-order chi connectivity index (χ1) is 7.22. The lowest BCUT2D eigenvalue weighted by Crippen LogP contribution is -3.00. The van der Waals surface area contributed by atoms with Crippen molar-refractivity contribution >= 4 is 5.71 Å². The van der Waals surface area contributed by atoms with E-state index in [2.05, 4.69) is 45.7 Å². The van der Waals surface area contributed by atoms with Gasteiger partial charge in [-0.25, -0.2) is 4.99 Å². The van der Waals surface area contributed by atoms with Gasteiger partial charge in [-0.3, -0.25) is 0 Å². The van der Waals surface area contributed by atoms with E-state index >= 15 is 0 Å². The van der Waals surface area contributed by atoms with Crippen LogP contribution in [-0.2, 0) is 4.74 Å². The van der Waals surface area contributed by atoms with E-state index in [1.165, 1.54) is 5.71 Å². The van der Waals surface area contributed by atoms with E-state index in [0.717, 1.165) is 25.2 Å². The Morgan fingerprint density at radius 2 is 1.88 bits per heavy atom. The highest BCUT2D eigenvalue weighted by molar-refractivity contribution is 5.92. The molecule has 0 heterocycles. The molecular formula is C14H26INO. The lowest BCUT2D eigenvalue weighted by molar-refractivity contribution is -0.539. The zero-order valence-corrected chi connectivity index (χ0v) is 14.1. The number of halogens is 1. The maximum Gasteiger partial charge on any atom is 0.178 e. The molecule has 0 unspecified atom stereocenters. The van der Waals surface area contributed by atoms with Crippen molar-refractivity contribution in [3.63, 3.8) is 0 Å². The van der Waals surface area contributed by atoms with Gasteiger partial charge in [-0.2, -0.15) is 0 Å². The molecule has 0 atom stereocenters. The predicted octanol–water partition coefficient (Wildman–Crippen LogP) is -0.949. The van der Waals surface area contributed by atoms with E-state index in [4.69, 9.17) is 4.74 Å². The maximum atomic E-state index is 5.66. The lowest BCUT2D eigenvalue weighted by atomic mass is 9.79. The second-order valence-corrected chi connectivity index (χ2v) is 6.46. The van der Waals surface area contributed by atoms with E-state index < -0.39 is 0 Å². The second kappa shape index (κ2) is 6.21. The number of hydrogen-bond donors (Lipinski definition) is 1. The molecule has 0 aromatic rings. The summed E-state index contributed by atoms with van der Waals surface area (Å²) in [7, 11) is 0. The van der Waals surface area contributed by atoms with Crippen LogP contribution in [0.15, 0.2) is 11.8 Å². The maximum absolute atomic E-state index is 5.66. The van der Waals surface area contributed by atoms with Gasteiger partial charge in [0.1, 0.15) is 5.76 Å². The monoisotopic (exact) mass is 351 g/mol. The zero-order valence-electron chi connectivity index (χ0n) is 12.0. The minimum atomic E-state index is 0. The summed E-state index contributed by atoms with van der Waals surface area (Å²) in [6.45, 7) is 14.0. The third-order valence-corrected chi connectivity index (χ3v) is 2.52. The van der Waals surface area contributed by atoms with E-state index in [1.807, 2.05) is 6.92 Å². The van der Waals surface area contributed by atoms with Crippen molar-refractivity contribution in [2.24, 2.45) is 5.41 Å². The summed E-state index contributed by atoms with van der Waals surface area (Å²) in [6, 6.07) is 0. The molecule has 0 amide bonds. The molecule has 1 aliphatic rings.